The van der Waals surface area contributed by atoms with E-state index in [1.54, 1.807) is 17.9 Å². The summed E-state index contributed by atoms with van der Waals surface area (Å²) in [5.41, 5.74) is 6.65. The van der Waals surface area contributed by atoms with Gasteiger partial charge in [0.1, 0.15) is 11.4 Å². The van der Waals surface area contributed by atoms with Crippen molar-refractivity contribution in [3.05, 3.63) is 12.0 Å². The van der Waals surface area contributed by atoms with Crippen LogP contribution in [0.3, 0.4) is 0 Å². The van der Waals surface area contributed by atoms with Crippen LogP contribution in [-0.2, 0) is 13.5 Å². The standard InChI is InChI=1S/C11H17N5O/c1-11(2,3)5-8-14-10(17-15-8)7-6-13-16(4)9(7)12/h6H,5,12H2,1-4H3. The van der Waals surface area contributed by atoms with Crippen molar-refractivity contribution in [1.29, 1.82) is 0 Å². The van der Waals surface area contributed by atoms with Gasteiger partial charge in [-0.05, 0) is 5.41 Å². The number of aromatic nitrogens is 4. The number of hydrogen-bond acceptors (Lipinski definition) is 5. The van der Waals surface area contributed by atoms with Crippen LogP contribution in [0.15, 0.2) is 10.7 Å². The topological polar surface area (TPSA) is 82.8 Å². The molecule has 2 aromatic heterocycles. The Morgan fingerprint density at radius 2 is 2.12 bits per heavy atom. The number of nitrogens with two attached hydrogens (primary N) is 1. The summed E-state index contributed by atoms with van der Waals surface area (Å²) < 4.78 is 6.77. The molecular formula is C11H17N5O. The van der Waals surface area contributed by atoms with Crippen LogP contribution in [0.25, 0.3) is 11.5 Å². The average molecular weight is 235 g/mol. The van der Waals surface area contributed by atoms with Gasteiger partial charge < -0.3 is 10.3 Å². The van der Waals surface area contributed by atoms with Crippen molar-refractivity contribution in [1.82, 2.24) is 19.9 Å². The van der Waals surface area contributed by atoms with E-state index in [0.717, 1.165) is 6.42 Å². The molecule has 6 nitrogen and oxygen atoms in total. The Morgan fingerprint density at radius 1 is 1.41 bits per heavy atom. The minimum absolute atomic E-state index is 0.127. The summed E-state index contributed by atoms with van der Waals surface area (Å²) in [7, 11) is 1.77. The molecule has 2 heterocycles. The third kappa shape index (κ3) is 2.46. The highest BCUT2D eigenvalue weighted by Gasteiger charge is 2.19. The van der Waals surface area contributed by atoms with Crippen LogP contribution in [0.5, 0.6) is 0 Å². The van der Waals surface area contributed by atoms with E-state index in [1.807, 2.05) is 0 Å². The van der Waals surface area contributed by atoms with Gasteiger partial charge in [0.25, 0.3) is 5.89 Å². The lowest BCUT2D eigenvalue weighted by Crippen LogP contribution is -2.10. The van der Waals surface area contributed by atoms with Crippen molar-refractivity contribution >= 4 is 5.82 Å². The molecule has 0 aliphatic rings. The predicted molar refractivity (Wildman–Crippen MR) is 64.1 cm³/mol. The molecule has 92 valence electrons. The Bertz CT molecular complexity index is 520. The molecule has 0 aliphatic carbocycles. The summed E-state index contributed by atoms with van der Waals surface area (Å²) in [5, 5.41) is 7.99. The minimum Gasteiger partial charge on any atom is -0.383 e. The van der Waals surface area contributed by atoms with Crippen molar-refractivity contribution in [3.8, 4) is 11.5 Å². The van der Waals surface area contributed by atoms with Crippen LogP contribution in [0, 0.1) is 5.41 Å². The molecule has 2 N–H and O–H groups in total. The normalized spacial score (nSPS) is 12.0. The highest BCUT2D eigenvalue weighted by molar-refractivity contribution is 5.66. The quantitative estimate of drug-likeness (QED) is 0.855. The molecule has 2 aromatic rings. The molecule has 0 bridgehead atoms. The Balaban J connectivity index is 2.27. The second-order valence-electron chi connectivity index (χ2n) is 5.32. The molecule has 0 atom stereocenters. The second-order valence-corrected chi connectivity index (χ2v) is 5.32. The molecule has 0 radical (unpaired) electrons. The zero-order valence-electron chi connectivity index (χ0n) is 10.6. The van der Waals surface area contributed by atoms with Gasteiger partial charge in [0.2, 0.25) is 0 Å². The molecule has 6 heteroatoms. The van der Waals surface area contributed by atoms with Gasteiger partial charge in [-0.1, -0.05) is 25.9 Å². The van der Waals surface area contributed by atoms with Gasteiger partial charge in [-0.15, -0.1) is 0 Å². The fourth-order valence-corrected chi connectivity index (χ4v) is 1.52. The summed E-state index contributed by atoms with van der Waals surface area (Å²) in [4.78, 5) is 4.33. The fourth-order valence-electron chi connectivity index (χ4n) is 1.52. The van der Waals surface area contributed by atoms with Crippen LogP contribution >= 0.6 is 0 Å². The number of anilines is 1. The van der Waals surface area contributed by atoms with Gasteiger partial charge in [-0.2, -0.15) is 10.1 Å². The SMILES string of the molecule is Cn1ncc(-c2nc(CC(C)(C)C)no2)c1N. The molecule has 0 saturated carbocycles. The van der Waals surface area contributed by atoms with Crippen molar-refractivity contribution in [2.24, 2.45) is 12.5 Å². The molecule has 2 rings (SSSR count). The number of aryl methyl sites for hydroxylation is 1. The third-order valence-electron chi connectivity index (χ3n) is 2.37. The first-order chi connectivity index (χ1) is 7.87. The Hall–Kier alpha value is -1.85. The first kappa shape index (κ1) is 11.6. The largest absolute Gasteiger partial charge is 0.383 e. The van der Waals surface area contributed by atoms with E-state index in [0.29, 0.717) is 23.1 Å². The number of hydrogen-bond donors (Lipinski definition) is 1. The lowest BCUT2D eigenvalue weighted by molar-refractivity contribution is 0.374. The number of nitrogen functional groups attached to an aromatic ring is 1. The predicted octanol–water partition coefficient (Wildman–Crippen LogP) is 1.64. The monoisotopic (exact) mass is 235 g/mol. The van der Waals surface area contributed by atoms with Gasteiger partial charge >= 0.3 is 0 Å². The summed E-state index contributed by atoms with van der Waals surface area (Å²) in [6, 6.07) is 0. The van der Waals surface area contributed by atoms with Gasteiger partial charge in [-0.3, -0.25) is 4.68 Å². The maximum Gasteiger partial charge on any atom is 0.263 e. The van der Waals surface area contributed by atoms with Crippen molar-refractivity contribution < 1.29 is 4.52 Å². The first-order valence-corrected chi connectivity index (χ1v) is 5.47. The van der Waals surface area contributed by atoms with E-state index in [4.69, 9.17) is 10.3 Å². The summed E-state index contributed by atoms with van der Waals surface area (Å²) in [5.74, 6) is 1.64. The van der Waals surface area contributed by atoms with Crippen molar-refractivity contribution in [2.45, 2.75) is 27.2 Å². The van der Waals surface area contributed by atoms with E-state index in [-0.39, 0.29) is 5.41 Å². The summed E-state index contributed by atoms with van der Waals surface area (Å²) in [6.45, 7) is 6.38. The maximum atomic E-state index is 5.84. The fraction of sp³-hybridized carbons (Fsp3) is 0.545. The second kappa shape index (κ2) is 3.87. The molecule has 0 aromatic carbocycles. The van der Waals surface area contributed by atoms with E-state index in [1.165, 1.54) is 0 Å². The van der Waals surface area contributed by atoms with Gasteiger partial charge in [0.05, 0.1) is 6.20 Å². The van der Waals surface area contributed by atoms with Crippen LogP contribution in [0.1, 0.15) is 26.6 Å². The lowest BCUT2D eigenvalue weighted by atomic mass is 9.92. The average Bonchev–Trinajstić information content (AvgIpc) is 2.74. The molecule has 0 amide bonds. The Labute approximate surface area is 99.8 Å². The van der Waals surface area contributed by atoms with Crippen LogP contribution in [-0.4, -0.2) is 19.9 Å². The van der Waals surface area contributed by atoms with Crippen LogP contribution in [0.4, 0.5) is 5.82 Å². The van der Waals surface area contributed by atoms with Gasteiger partial charge in [-0.25, -0.2) is 0 Å². The molecule has 0 spiro atoms. The van der Waals surface area contributed by atoms with Gasteiger partial charge in [0.15, 0.2) is 5.82 Å². The first-order valence-electron chi connectivity index (χ1n) is 5.47. The molecule has 0 aliphatic heterocycles. The summed E-state index contributed by atoms with van der Waals surface area (Å²) in [6.07, 6.45) is 2.39. The zero-order chi connectivity index (χ0) is 12.6. The minimum atomic E-state index is 0.127. The molecule has 0 unspecified atom stereocenters. The smallest absolute Gasteiger partial charge is 0.263 e. The zero-order valence-corrected chi connectivity index (χ0v) is 10.6. The number of rotatable bonds is 2. The van der Waals surface area contributed by atoms with Crippen molar-refractivity contribution in [2.75, 3.05) is 5.73 Å². The molecular weight excluding hydrogens is 218 g/mol. The Kier molecular flexibility index (Phi) is 2.65. The van der Waals surface area contributed by atoms with E-state index >= 15 is 0 Å². The molecule has 17 heavy (non-hydrogen) atoms. The van der Waals surface area contributed by atoms with Crippen LogP contribution in [0.2, 0.25) is 0 Å². The van der Waals surface area contributed by atoms with E-state index in [2.05, 4.69) is 36.0 Å². The Morgan fingerprint density at radius 3 is 2.65 bits per heavy atom. The van der Waals surface area contributed by atoms with E-state index in [9.17, 15) is 0 Å². The number of nitrogens with zero attached hydrogens (tertiary/aromatic N) is 4. The maximum absolute atomic E-state index is 5.84. The highest BCUT2D eigenvalue weighted by atomic mass is 16.5. The van der Waals surface area contributed by atoms with Crippen molar-refractivity contribution in [3.63, 3.8) is 0 Å². The molecule has 0 fully saturated rings. The van der Waals surface area contributed by atoms with Crippen LogP contribution < -0.4 is 5.73 Å². The van der Waals surface area contributed by atoms with Gasteiger partial charge in [0, 0.05) is 13.5 Å². The summed E-state index contributed by atoms with van der Waals surface area (Å²) >= 11 is 0. The lowest BCUT2D eigenvalue weighted by Gasteiger charge is -2.14. The highest BCUT2D eigenvalue weighted by Crippen LogP contribution is 2.25. The molecule has 0 saturated heterocycles. The third-order valence-corrected chi connectivity index (χ3v) is 2.37. The van der Waals surface area contributed by atoms with E-state index < -0.39 is 0 Å².